The Labute approximate surface area is 151 Å². The van der Waals surface area contributed by atoms with E-state index >= 15 is 0 Å². The number of carbonyl (C=O) groups is 1. The summed E-state index contributed by atoms with van der Waals surface area (Å²) in [6.45, 7) is 0.757. The van der Waals surface area contributed by atoms with E-state index in [1.54, 1.807) is 0 Å². The number of rotatable bonds is 4. The summed E-state index contributed by atoms with van der Waals surface area (Å²) in [6.07, 6.45) is 7.64. The van der Waals surface area contributed by atoms with Crippen molar-refractivity contribution in [2.24, 2.45) is 0 Å². The first-order valence-electron chi connectivity index (χ1n) is 9.47. The van der Waals surface area contributed by atoms with Crippen LogP contribution < -0.4 is 0 Å². The zero-order chi connectivity index (χ0) is 17.5. The number of nitrogens with zero attached hydrogens (tertiary/aromatic N) is 3. The molecule has 1 N–H and O–H groups in total. The Morgan fingerprint density at radius 2 is 2.12 bits per heavy atom. The highest BCUT2D eigenvalue weighted by Crippen LogP contribution is 2.39. The average Bonchev–Trinajstić information content (AvgIpc) is 3.28. The van der Waals surface area contributed by atoms with Gasteiger partial charge in [0.05, 0.1) is 6.42 Å². The second-order valence-electron chi connectivity index (χ2n) is 7.40. The molecule has 26 heavy (non-hydrogen) atoms. The molecule has 0 unspecified atom stereocenters. The van der Waals surface area contributed by atoms with Crippen LogP contribution in [0.15, 0.2) is 35.0 Å². The number of hydrogen-bond acceptors (Lipinski definition) is 4. The number of nitrogens with one attached hydrogen (secondary N) is 1. The van der Waals surface area contributed by atoms with Crippen LogP contribution in [0.4, 0.5) is 0 Å². The molecule has 0 bridgehead atoms. The quantitative estimate of drug-likeness (QED) is 0.778. The molecule has 2 fully saturated rings. The van der Waals surface area contributed by atoms with E-state index in [0.29, 0.717) is 18.2 Å². The average molecular weight is 350 g/mol. The first-order chi connectivity index (χ1) is 12.8. The molecule has 1 amide bonds. The monoisotopic (exact) mass is 350 g/mol. The molecule has 3 aromatic rings. The lowest BCUT2D eigenvalue weighted by atomic mass is 10.0. The topological polar surface area (TPSA) is 75.0 Å². The SMILES string of the molecule is O=C(Cc1c[nH]c2ccccc12)N1CCCC[C@H]1c1nc(C2CC2)no1. The van der Waals surface area contributed by atoms with Gasteiger partial charge < -0.3 is 14.4 Å². The molecule has 1 aromatic carbocycles. The lowest BCUT2D eigenvalue weighted by molar-refractivity contribution is -0.135. The van der Waals surface area contributed by atoms with Gasteiger partial charge in [0.15, 0.2) is 5.82 Å². The van der Waals surface area contributed by atoms with Gasteiger partial charge in [-0.25, -0.2) is 0 Å². The van der Waals surface area contributed by atoms with Gasteiger partial charge in [-0.2, -0.15) is 4.98 Å². The molecule has 2 aliphatic rings. The van der Waals surface area contributed by atoms with E-state index in [9.17, 15) is 4.79 Å². The van der Waals surface area contributed by atoms with Crippen LogP contribution >= 0.6 is 0 Å². The number of aromatic nitrogens is 3. The van der Waals surface area contributed by atoms with Gasteiger partial charge in [0.1, 0.15) is 6.04 Å². The van der Waals surface area contributed by atoms with Crippen molar-refractivity contribution in [1.82, 2.24) is 20.0 Å². The Kier molecular flexibility index (Phi) is 3.76. The predicted molar refractivity (Wildman–Crippen MR) is 96.6 cm³/mol. The Morgan fingerprint density at radius 1 is 1.23 bits per heavy atom. The summed E-state index contributed by atoms with van der Waals surface area (Å²) >= 11 is 0. The summed E-state index contributed by atoms with van der Waals surface area (Å²) in [5.74, 6) is 2.02. The molecule has 134 valence electrons. The fourth-order valence-corrected chi connectivity index (χ4v) is 3.92. The fraction of sp³-hybridized carbons (Fsp3) is 0.450. The number of H-pyrrole nitrogens is 1. The summed E-state index contributed by atoms with van der Waals surface area (Å²) in [6, 6.07) is 8.01. The molecule has 6 nitrogen and oxygen atoms in total. The predicted octanol–water partition coefficient (Wildman–Crippen LogP) is 3.72. The number of aromatic amines is 1. The lowest BCUT2D eigenvalue weighted by Gasteiger charge is -2.33. The van der Waals surface area contributed by atoms with Gasteiger partial charge in [-0.15, -0.1) is 0 Å². The largest absolute Gasteiger partial charge is 0.361 e. The molecule has 0 radical (unpaired) electrons. The van der Waals surface area contributed by atoms with Gasteiger partial charge in [-0.3, -0.25) is 4.79 Å². The first kappa shape index (κ1) is 15.6. The summed E-state index contributed by atoms with van der Waals surface area (Å²) < 4.78 is 5.53. The van der Waals surface area contributed by atoms with Crippen LogP contribution in [0, 0.1) is 0 Å². The molecule has 6 heteroatoms. The summed E-state index contributed by atoms with van der Waals surface area (Å²) in [5.41, 5.74) is 2.11. The molecule has 1 saturated heterocycles. The zero-order valence-corrected chi connectivity index (χ0v) is 14.6. The van der Waals surface area contributed by atoms with Crippen molar-refractivity contribution >= 4 is 16.8 Å². The number of para-hydroxylation sites is 1. The standard InChI is InChI=1S/C20H22N4O2/c25-18(11-14-12-21-16-6-2-1-5-15(14)16)24-10-4-3-7-17(24)20-22-19(23-26-20)13-8-9-13/h1-2,5-6,12-13,17,21H,3-4,7-11H2/t17-/m0/s1. The fourth-order valence-electron chi connectivity index (χ4n) is 3.92. The van der Waals surface area contributed by atoms with Crippen LogP contribution in [0.25, 0.3) is 10.9 Å². The van der Waals surface area contributed by atoms with Crippen molar-refractivity contribution < 1.29 is 9.32 Å². The van der Waals surface area contributed by atoms with E-state index in [4.69, 9.17) is 4.52 Å². The van der Waals surface area contributed by atoms with Crippen LogP contribution in [0.2, 0.25) is 0 Å². The first-order valence-corrected chi connectivity index (χ1v) is 9.47. The Morgan fingerprint density at radius 3 is 3.00 bits per heavy atom. The van der Waals surface area contributed by atoms with Gasteiger partial charge in [0, 0.05) is 29.6 Å². The molecular weight excluding hydrogens is 328 g/mol. The number of likely N-dealkylation sites (tertiary alicyclic amines) is 1. The number of carbonyl (C=O) groups excluding carboxylic acids is 1. The van der Waals surface area contributed by atoms with E-state index in [0.717, 1.165) is 60.9 Å². The highest BCUT2D eigenvalue weighted by molar-refractivity contribution is 5.89. The molecule has 2 aromatic heterocycles. The molecule has 1 atom stereocenters. The normalized spacial score (nSPS) is 20.6. The van der Waals surface area contributed by atoms with Crippen molar-refractivity contribution in [2.45, 2.75) is 50.5 Å². The minimum atomic E-state index is -0.0820. The van der Waals surface area contributed by atoms with Crippen molar-refractivity contribution in [1.29, 1.82) is 0 Å². The highest BCUT2D eigenvalue weighted by Gasteiger charge is 2.35. The second-order valence-corrected chi connectivity index (χ2v) is 7.40. The summed E-state index contributed by atoms with van der Waals surface area (Å²) in [5, 5.41) is 5.25. The van der Waals surface area contributed by atoms with Crippen molar-refractivity contribution in [3.8, 4) is 0 Å². The van der Waals surface area contributed by atoms with Crippen LogP contribution in [0.3, 0.4) is 0 Å². The molecule has 1 saturated carbocycles. The third-order valence-corrected chi connectivity index (χ3v) is 5.52. The molecule has 1 aliphatic carbocycles. The van der Waals surface area contributed by atoms with E-state index < -0.39 is 0 Å². The summed E-state index contributed by atoms with van der Waals surface area (Å²) in [4.78, 5) is 22.9. The molecule has 5 rings (SSSR count). The minimum Gasteiger partial charge on any atom is -0.361 e. The molecule has 3 heterocycles. The van der Waals surface area contributed by atoms with Gasteiger partial charge >= 0.3 is 0 Å². The van der Waals surface area contributed by atoms with Crippen LogP contribution in [0.1, 0.15) is 61.3 Å². The number of hydrogen-bond donors (Lipinski definition) is 1. The maximum Gasteiger partial charge on any atom is 0.249 e. The molecule has 0 spiro atoms. The van der Waals surface area contributed by atoms with Gasteiger partial charge in [-0.05, 0) is 43.7 Å². The number of amides is 1. The van der Waals surface area contributed by atoms with E-state index in [1.807, 2.05) is 29.3 Å². The van der Waals surface area contributed by atoms with Gasteiger partial charge in [0.2, 0.25) is 11.8 Å². The maximum absolute atomic E-state index is 13.1. The Hall–Kier alpha value is -2.63. The van der Waals surface area contributed by atoms with Crippen LogP contribution in [-0.2, 0) is 11.2 Å². The number of fused-ring (bicyclic) bond motifs is 1. The van der Waals surface area contributed by atoms with E-state index in [2.05, 4.69) is 21.2 Å². The molecule has 1 aliphatic heterocycles. The summed E-state index contributed by atoms with van der Waals surface area (Å²) in [7, 11) is 0. The zero-order valence-electron chi connectivity index (χ0n) is 14.6. The Balaban J connectivity index is 1.38. The van der Waals surface area contributed by atoms with Crippen molar-refractivity contribution in [2.75, 3.05) is 6.54 Å². The van der Waals surface area contributed by atoms with Gasteiger partial charge in [0.25, 0.3) is 0 Å². The third-order valence-electron chi connectivity index (χ3n) is 5.52. The van der Waals surface area contributed by atoms with Crippen LogP contribution in [-0.4, -0.2) is 32.5 Å². The molecular formula is C20H22N4O2. The number of piperidine rings is 1. The van der Waals surface area contributed by atoms with Gasteiger partial charge in [-0.1, -0.05) is 23.4 Å². The van der Waals surface area contributed by atoms with Crippen LogP contribution in [0.5, 0.6) is 0 Å². The minimum absolute atomic E-state index is 0.0820. The Bertz CT molecular complexity index is 940. The van der Waals surface area contributed by atoms with E-state index in [-0.39, 0.29) is 11.9 Å². The lowest BCUT2D eigenvalue weighted by Crippen LogP contribution is -2.39. The smallest absolute Gasteiger partial charge is 0.249 e. The number of benzene rings is 1. The van der Waals surface area contributed by atoms with E-state index in [1.165, 1.54) is 0 Å². The van der Waals surface area contributed by atoms with Crippen molar-refractivity contribution in [3.05, 3.63) is 47.7 Å². The highest BCUT2D eigenvalue weighted by atomic mass is 16.5. The second kappa shape index (κ2) is 6.27. The third kappa shape index (κ3) is 2.79. The van der Waals surface area contributed by atoms with Crippen molar-refractivity contribution in [3.63, 3.8) is 0 Å². The maximum atomic E-state index is 13.1.